The molecule has 186 valence electrons. The van der Waals surface area contributed by atoms with Crippen LogP contribution in [0.15, 0.2) is 53.9 Å². The maximum absolute atomic E-state index is 12.7. The van der Waals surface area contributed by atoms with E-state index >= 15 is 0 Å². The van der Waals surface area contributed by atoms with Crippen LogP contribution in [0.3, 0.4) is 0 Å². The summed E-state index contributed by atoms with van der Waals surface area (Å²) in [7, 11) is 0. The first-order valence-corrected chi connectivity index (χ1v) is 13.1. The van der Waals surface area contributed by atoms with Gasteiger partial charge in [0.25, 0.3) is 0 Å². The molecule has 0 saturated heterocycles. The Morgan fingerprint density at radius 3 is 2.34 bits per heavy atom. The van der Waals surface area contributed by atoms with Crippen molar-refractivity contribution >= 4 is 39.8 Å². The van der Waals surface area contributed by atoms with Gasteiger partial charge in [-0.2, -0.15) is 0 Å². The number of benzene rings is 2. The Morgan fingerprint density at radius 1 is 1.03 bits per heavy atom. The predicted molar refractivity (Wildman–Crippen MR) is 144 cm³/mol. The third kappa shape index (κ3) is 7.09. The third-order valence-electron chi connectivity index (χ3n) is 6.02. The summed E-state index contributed by atoms with van der Waals surface area (Å²) in [4.78, 5) is 25.3. The summed E-state index contributed by atoms with van der Waals surface area (Å²) in [5, 5.41) is 5.81. The topological polar surface area (TPSA) is 64.6 Å². The number of nitrogens with one attached hydrogen (secondary N) is 1. The lowest BCUT2D eigenvalue weighted by molar-refractivity contribution is -0.116. The molecule has 0 fully saturated rings. The minimum atomic E-state index is -0.466. The minimum Gasteiger partial charge on any atom is -0.494 e. The van der Waals surface area contributed by atoms with Gasteiger partial charge in [-0.05, 0) is 60.6 Å². The molecule has 0 atom stereocenters. The van der Waals surface area contributed by atoms with Gasteiger partial charge in [-0.25, -0.2) is 4.79 Å². The number of carbonyl (C=O) groups excluding carboxylic acids is 2. The van der Waals surface area contributed by atoms with Crippen LogP contribution >= 0.6 is 22.9 Å². The molecule has 0 bridgehead atoms. The molecule has 1 heterocycles. The fraction of sp³-hybridized carbons (Fsp3) is 0.357. The molecule has 0 aliphatic rings. The SMILES string of the molecule is CCOC(=O)c1c(-c2ccc(Cl)cc2)csc1NC(=O)CCCOc1ccc(C(C)(C)CC)cc1. The second-order valence-electron chi connectivity index (χ2n) is 8.84. The van der Waals surface area contributed by atoms with E-state index in [2.05, 4.69) is 38.2 Å². The zero-order valence-electron chi connectivity index (χ0n) is 20.7. The van der Waals surface area contributed by atoms with Gasteiger partial charge in [0.2, 0.25) is 5.91 Å². The molecule has 0 saturated carbocycles. The molecular weight excluding hydrogens is 482 g/mol. The number of halogens is 1. The Hall–Kier alpha value is -2.83. The van der Waals surface area contributed by atoms with Gasteiger partial charge in [0.05, 0.1) is 13.2 Å². The van der Waals surface area contributed by atoms with Crippen molar-refractivity contribution in [1.29, 1.82) is 0 Å². The molecule has 0 unspecified atom stereocenters. The summed E-state index contributed by atoms with van der Waals surface area (Å²) in [6.07, 6.45) is 1.89. The summed E-state index contributed by atoms with van der Waals surface area (Å²) < 4.78 is 11.1. The summed E-state index contributed by atoms with van der Waals surface area (Å²) in [6.45, 7) is 9.05. The van der Waals surface area contributed by atoms with Crippen molar-refractivity contribution in [2.45, 2.75) is 52.4 Å². The maximum Gasteiger partial charge on any atom is 0.341 e. The molecule has 35 heavy (non-hydrogen) atoms. The Labute approximate surface area is 216 Å². The van der Waals surface area contributed by atoms with Crippen molar-refractivity contribution in [3.63, 3.8) is 0 Å². The van der Waals surface area contributed by atoms with Crippen molar-refractivity contribution in [3.05, 3.63) is 70.1 Å². The lowest BCUT2D eigenvalue weighted by Gasteiger charge is -2.23. The molecule has 0 aliphatic carbocycles. The number of carbonyl (C=O) groups is 2. The number of amides is 1. The summed E-state index contributed by atoms with van der Waals surface area (Å²) >= 11 is 7.30. The van der Waals surface area contributed by atoms with E-state index < -0.39 is 5.97 Å². The van der Waals surface area contributed by atoms with E-state index in [9.17, 15) is 9.59 Å². The standard InChI is InChI=1S/C28H32ClNO4S/c1-5-28(3,4)20-11-15-22(16-12-20)34-17-7-8-24(31)30-26-25(27(32)33-6-2)23(18-35-26)19-9-13-21(29)14-10-19/h9-16,18H,5-8,17H2,1-4H3,(H,30,31). The van der Waals surface area contributed by atoms with Crippen molar-refractivity contribution in [1.82, 2.24) is 0 Å². The summed E-state index contributed by atoms with van der Waals surface area (Å²) in [5.74, 6) is 0.146. The van der Waals surface area contributed by atoms with Crippen LogP contribution in [0.2, 0.25) is 5.02 Å². The number of hydrogen-bond donors (Lipinski definition) is 1. The van der Waals surface area contributed by atoms with Gasteiger partial charge in [0.1, 0.15) is 16.3 Å². The van der Waals surface area contributed by atoms with Gasteiger partial charge < -0.3 is 14.8 Å². The first kappa shape index (κ1) is 26.8. The highest BCUT2D eigenvalue weighted by molar-refractivity contribution is 7.15. The molecule has 0 radical (unpaired) electrons. The molecule has 0 spiro atoms. The van der Waals surface area contributed by atoms with Gasteiger partial charge in [-0.1, -0.05) is 56.6 Å². The van der Waals surface area contributed by atoms with Gasteiger partial charge in [-0.3, -0.25) is 4.79 Å². The van der Waals surface area contributed by atoms with E-state index in [1.165, 1.54) is 16.9 Å². The number of ether oxygens (including phenoxy) is 2. The summed E-state index contributed by atoms with van der Waals surface area (Å²) in [6, 6.07) is 15.3. The van der Waals surface area contributed by atoms with Crippen molar-refractivity contribution in [2.75, 3.05) is 18.5 Å². The van der Waals surface area contributed by atoms with Crippen LogP contribution in [0.1, 0.15) is 62.9 Å². The number of hydrogen-bond acceptors (Lipinski definition) is 5. The second-order valence-corrected chi connectivity index (χ2v) is 10.2. The first-order chi connectivity index (χ1) is 16.7. The highest BCUT2D eigenvalue weighted by atomic mass is 35.5. The smallest absolute Gasteiger partial charge is 0.341 e. The van der Waals surface area contributed by atoms with Crippen LogP contribution in [0.4, 0.5) is 5.00 Å². The highest BCUT2D eigenvalue weighted by Crippen LogP contribution is 2.37. The number of thiophene rings is 1. The second kappa shape index (κ2) is 12.2. The quantitative estimate of drug-likeness (QED) is 0.210. The average Bonchev–Trinajstić information content (AvgIpc) is 3.26. The third-order valence-corrected chi connectivity index (χ3v) is 7.16. The monoisotopic (exact) mass is 513 g/mol. The van der Waals surface area contributed by atoms with Crippen LogP contribution in [0.25, 0.3) is 11.1 Å². The van der Waals surface area contributed by atoms with E-state index in [1.54, 1.807) is 19.1 Å². The molecule has 1 N–H and O–H groups in total. The van der Waals surface area contributed by atoms with Crippen LogP contribution in [0.5, 0.6) is 5.75 Å². The van der Waals surface area contributed by atoms with Gasteiger partial charge in [0.15, 0.2) is 0 Å². The normalized spacial score (nSPS) is 11.2. The van der Waals surface area contributed by atoms with E-state index in [4.69, 9.17) is 21.1 Å². The predicted octanol–water partition coefficient (Wildman–Crippen LogP) is 7.73. The van der Waals surface area contributed by atoms with Crippen molar-refractivity contribution in [2.24, 2.45) is 0 Å². The number of anilines is 1. The van der Waals surface area contributed by atoms with E-state index in [0.29, 0.717) is 34.2 Å². The zero-order valence-corrected chi connectivity index (χ0v) is 22.2. The maximum atomic E-state index is 12.7. The Morgan fingerprint density at radius 2 is 1.71 bits per heavy atom. The van der Waals surface area contributed by atoms with Crippen LogP contribution in [0, 0.1) is 0 Å². The van der Waals surface area contributed by atoms with Crippen LogP contribution in [-0.2, 0) is 14.9 Å². The van der Waals surface area contributed by atoms with Crippen molar-refractivity contribution in [3.8, 4) is 16.9 Å². The van der Waals surface area contributed by atoms with Crippen LogP contribution < -0.4 is 10.1 Å². The first-order valence-electron chi connectivity index (χ1n) is 11.8. The van der Waals surface area contributed by atoms with E-state index in [1.807, 2.05) is 29.6 Å². The molecule has 7 heteroatoms. The van der Waals surface area contributed by atoms with E-state index in [-0.39, 0.29) is 24.3 Å². The van der Waals surface area contributed by atoms with Crippen LogP contribution in [-0.4, -0.2) is 25.1 Å². The lowest BCUT2D eigenvalue weighted by Crippen LogP contribution is -2.15. The Balaban J connectivity index is 1.58. The van der Waals surface area contributed by atoms with Gasteiger partial charge >= 0.3 is 5.97 Å². The van der Waals surface area contributed by atoms with Gasteiger partial charge in [0, 0.05) is 22.4 Å². The number of rotatable bonds is 11. The molecule has 0 aliphatic heterocycles. The highest BCUT2D eigenvalue weighted by Gasteiger charge is 2.23. The fourth-order valence-corrected chi connectivity index (χ4v) is 4.62. The molecule has 5 nitrogen and oxygen atoms in total. The Bertz CT molecular complexity index is 1140. The lowest BCUT2D eigenvalue weighted by atomic mass is 9.82. The van der Waals surface area contributed by atoms with Gasteiger partial charge in [-0.15, -0.1) is 11.3 Å². The minimum absolute atomic E-state index is 0.133. The largest absolute Gasteiger partial charge is 0.494 e. The Kier molecular flexibility index (Phi) is 9.35. The molecule has 2 aromatic carbocycles. The molecular formula is C28H32ClNO4S. The average molecular weight is 514 g/mol. The number of esters is 1. The summed E-state index contributed by atoms with van der Waals surface area (Å²) in [5.41, 5.74) is 3.31. The molecule has 3 aromatic rings. The molecule has 1 aromatic heterocycles. The fourth-order valence-electron chi connectivity index (χ4n) is 3.52. The zero-order chi connectivity index (χ0) is 25.4. The van der Waals surface area contributed by atoms with E-state index in [0.717, 1.165) is 17.7 Å². The molecule has 1 amide bonds. The van der Waals surface area contributed by atoms with Crippen molar-refractivity contribution < 1.29 is 19.1 Å². The molecule has 3 rings (SSSR count).